The lowest BCUT2D eigenvalue weighted by Crippen LogP contribution is -1.90. The van der Waals surface area contributed by atoms with Gasteiger partial charge in [-0.05, 0) is 18.2 Å². The number of thioether (sulfide) groups is 1. The maximum absolute atomic E-state index is 12.9. The molecule has 16 heavy (non-hydrogen) atoms. The van der Waals surface area contributed by atoms with Crippen molar-refractivity contribution in [3.63, 3.8) is 0 Å². The molecule has 0 saturated heterocycles. The Morgan fingerprint density at radius 1 is 1.50 bits per heavy atom. The van der Waals surface area contributed by atoms with Crippen molar-refractivity contribution >= 4 is 28.3 Å². The van der Waals surface area contributed by atoms with Crippen molar-refractivity contribution in [2.75, 3.05) is 12.4 Å². The van der Waals surface area contributed by atoms with Gasteiger partial charge in [-0.1, -0.05) is 10.6 Å². The molecular weight excluding hydrogens is 245 g/mol. The number of rotatable bonds is 4. The van der Waals surface area contributed by atoms with Crippen LogP contribution in [0.25, 0.3) is 0 Å². The molecule has 3 nitrogen and oxygen atoms in total. The highest BCUT2D eigenvalue weighted by Crippen LogP contribution is 2.27. The molecule has 2 aromatic rings. The predicted octanol–water partition coefficient (Wildman–Crippen LogP) is 3.01. The smallest absolute Gasteiger partial charge is 0.133 e. The summed E-state index contributed by atoms with van der Waals surface area (Å²) >= 11 is 2.87. The second-order valence-electron chi connectivity index (χ2n) is 3.04. The van der Waals surface area contributed by atoms with Gasteiger partial charge in [-0.2, -0.15) is 0 Å². The normalized spacial score (nSPS) is 10.4. The van der Waals surface area contributed by atoms with Crippen molar-refractivity contribution in [1.82, 2.24) is 9.59 Å². The van der Waals surface area contributed by atoms with Crippen LogP contribution in [0.2, 0.25) is 0 Å². The number of nitrogens with one attached hydrogen (secondary N) is 1. The molecule has 1 aromatic carbocycles. The van der Waals surface area contributed by atoms with E-state index in [1.54, 1.807) is 17.8 Å². The maximum atomic E-state index is 12.9. The van der Waals surface area contributed by atoms with Crippen LogP contribution in [0.3, 0.4) is 0 Å². The van der Waals surface area contributed by atoms with Crippen LogP contribution >= 0.6 is 23.3 Å². The lowest BCUT2D eigenvalue weighted by Gasteiger charge is -2.01. The van der Waals surface area contributed by atoms with E-state index in [2.05, 4.69) is 14.9 Å². The van der Waals surface area contributed by atoms with Gasteiger partial charge in [-0.15, -0.1) is 16.9 Å². The molecule has 1 aromatic heterocycles. The molecule has 0 amide bonds. The zero-order chi connectivity index (χ0) is 11.4. The van der Waals surface area contributed by atoms with Gasteiger partial charge >= 0.3 is 0 Å². The van der Waals surface area contributed by atoms with Crippen molar-refractivity contribution in [3.8, 4) is 0 Å². The van der Waals surface area contributed by atoms with Gasteiger partial charge in [0.1, 0.15) is 16.5 Å². The molecule has 1 N–H and O–H groups in total. The molecule has 0 atom stereocenters. The summed E-state index contributed by atoms with van der Waals surface area (Å²) in [7, 11) is 1.84. The number of nitrogens with zero attached hydrogens (tertiary/aromatic N) is 2. The van der Waals surface area contributed by atoms with E-state index < -0.39 is 0 Å². The van der Waals surface area contributed by atoms with Gasteiger partial charge in [0.05, 0.1) is 0 Å². The van der Waals surface area contributed by atoms with E-state index in [-0.39, 0.29) is 5.82 Å². The molecule has 0 bridgehead atoms. The van der Waals surface area contributed by atoms with Gasteiger partial charge in [0, 0.05) is 29.2 Å². The third-order valence-electron chi connectivity index (χ3n) is 1.95. The van der Waals surface area contributed by atoms with Gasteiger partial charge in [0.25, 0.3) is 0 Å². The van der Waals surface area contributed by atoms with Crippen LogP contribution in [0, 0.1) is 5.82 Å². The minimum absolute atomic E-state index is 0.213. The van der Waals surface area contributed by atoms with Gasteiger partial charge in [0.2, 0.25) is 0 Å². The maximum Gasteiger partial charge on any atom is 0.133 e. The first-order valence-electron chi connectivity index (χ1n) is 4.67. The minimum Gasteiger partial charge on any atom is -0.377 e. The number of hydrogen-bond acceptors (Lipinski definition) is 5. The van der Waals surface area contributed by atoms with E-state index in [0.29, 0.717) is 5.75 Å². The molecule has 0 saturated carbocycles. The highest BCUT2D eigenvalue weighted by molar-refractivity contribution is 7.98. The van der Waals surface area contributed by atoms with Gasteiger partial charge < -0.3 is 5.32 Å². The zero-order valence-corrected chi connectivity index (χ0v) is 10.2. The summed E-state index contributed by atoms with van der Waals surface area (Å²) in [4.78, 5) is 0.898. The molecule has 0 aliphatic carbocycles. The van der Waals surface area contributed by atoms with Crippen molar-refractivity contribution in [3.05, 3.63) is 35.8 Å². The van der Waals surface area contributed by atoms with Crippen LogP contribution in [0.5, 0.6) is 0 Å². The molecule has 0 aliphatic heterocycles. The van der Waals surface area contributed by atoms with E-state index in [1.165, 1.54) is 23.7 Å². The summed E-state index contributed by atoms with van der Waals surface area (Å²) < 4.78 is 16.8. The monoisotopic (exact) mass is 255 g/mol. The topological polar surface area (TPSA) is 37.8 Å². The SMILES string of the molecule is CNc1snnc1CSc1cccc(F)c1. The van der Waals surface area contributed by atoms with Crippen molar-refractivity contribution in [2.24, 2.45) is 0 Å². The van der Waals surface area contributed by atoms with Crippen LogP contribution in [-0.4, -0.2) is 16.6 Å². The lowest BCUT2D eigenvalue weighted by molar-refractivity contribution is 0.624. The van der Waals surface area contributed by atoms with E-state index in [4.69, 9.17) is 0 Å². The van der Waals surface area contributed by atoms with Crippen LogP contribution in [0.1, 0.15) is 5.69 Å². The minimum atomic E-state index is -0.213. The van der Waals surface area contributed by atoms with Crippen LogP contribution in [0.15, 0.2) is 29.2 Å². The van der Waals surface area contributed by atoms with E-state index in [1.807, 2.05) is 13.1 Å². The summed E-state index contributed by atoms with van der Waals surface area (Å²) in [6, 6.07) is 6.54. The number of aromatic nitrogens is 2. The summed E-state index contributed by atoms with van der Waals surface area (Å²) in [6.45, 7) is 0. The quantitative estimate of drug-likeness (QED) is 0.852. The highest BCUT2D eigenvalue weighted by Gasteiger charge is 2.06. The Kier molecular flexibility index (Phi) is 3.74. The highest BCUT2D eigenvalue weighted by atomic mass is 32.2. The summed E-state index contributed by atoms with van der Waals surface area (Å²) in [5, 5.41) is 8.01. The average Bonchev–Trinajstić information content (AvgIpc) is 2.74. The molecule has 0 aliphatic rings. The third kappa shape index (κ3) is 2.70. The summed E-state index contributed by atoms with van der Waals surface area (Å²) in [6.07, 6.45) is 0. The first-order valence-corrected chi connectivity index (χ1v) is 6.43. The number of anilines is 1. The fraction of sp³-hybridized carbons (Fsp3) is 0.200. The Balaban J connectivity index is 2.02. The fourth-order valence-electron chi connectivity index (χ4n) is 1.20. The lowest BCUT2D eigenvalue weighted by atomic mass is 10.4. The fourth-order valence-corrected chi connectivity index (χ4v) is 2.70. The number of benzene rings is 1. The molecule has 84 valence electrons. The van der Waals surface area contributed by atoms with Crippen LogP contribution < -0.4 is 5.32 Å². The van der Waals surface area contributed by atoms with Gasteiger partial charge in [-0.3, -0.25) is 0 Å². The average molecular weight is 255 g/mol. The molecule has 0 radical (unpaired) electrons. The Morgan fingerprint density at radius 2 is 2.38 bits per heavy atom. The summed E-state index contributed by atoms with van der Waals surface area (Å²) in [5.74, 6) is 0.478. The third-order valence-corrected chi connectivity index (χ3v) is 3.75. The summed E-state index contributed by atoms with van der Waals surface area (Å²) in [5.41, 5.74) is 0.904. The number of halogens is 1. The van der Waals surface area contributed by atoms with E-state index in [9.17, 15) is 4.39 Å². The molecule has 0 fully saturated rings. The van der Waals surface area contributed by atoms with Crippen molar-refractivity contribution in [1.29, 1.82) is 0 Å². The second kappa shape index (κ2) is 5.27. The van der Waals surface area contributed by atoms with E-state index >= 15 is 0 Å². The predicted molar refractivity (Wildman–Crippen MR) is 65.4 cm³/mol. The van der Waals surface area contributed by atoms with Crippen molar-refractivity contribution < 1.29 is 4.39 Å². The standard InChI is InChI=1S/C10H10FN3S2/c1-12-10-9(13-14-16-10)6-15-8-4-2-3-7(11)5-8/h2-5,12H,6H2,1H3. The Morgan fingerprint density at radius 3 is 3.12 bits per heavy atom. The molecule has 1 heterocycles. The molecule has 2 rings (SSSR count). The van der Waals surface area contributed by atoms with Crippen LogP contribution in [-0.2, 0) is 5.75 Å². The second-order valence-corrected chi connectivity index (χ2v) is 4.85. The Labute approximate surface area is 101 Å². The van der Waals surface area contributed by atoms with Gasteiger partial charge in [0.15, 0.2) is 0 Å². The van der Waals surface area contributed by atoms with Crippen molar-refractivity contribution in [2.45, 2.75) is 10.6 Å². The Hall–Kier alpha value is -1.14. The molecule has 0 spiro atoms. The number of hydrogen-bond donors (Lipinski definition) is 1. The molecule has 0 unspecified atom stereocenters. The molecule has 6 heteroatoms. The Bertz CT molecular complexity index is 473. The van der Waals surface area contributed by atoms with Crippen LogP contribution in [0.4, 0.5) is 9.39 Å². The van der Waals surface area contributed by atoms with Gasteiger partial charge in [-0.25, -0.2) is 4.39 Å². The molecular formula is C10H10FN3S2. The van der Waals surface area contributed by atoms with E-state index in [0.717, 1.165) is 15.6 Å². The first-order chi connectivity index (χ1) is 7.79. The first kappa shape index (κ1) is 11.3. The largest absolute Gasteiger partial charge is 0.377 e. The zero-order valence-electron chi connectivity index (χ0n) is 8.61.